The summed E-state index contributed by atoms with van der Waals surface area (Å²) < 4.78 is 5.50. The van der Waals surface area contributed by atoms with Gasteiger partial charge in [0.2, 0.25) is 0 Å². The summed E-state index contributed by atoms with van der Waals surface area (Å²) in [6.45, 7) is 3.57. The van der Waals surface area contributed by atoms with Gasteiger partial charge in [0.05, 0.1) is 11.8 Å². The summed E-state index contributed by atoms with van der Waals surface area (Å²) in [6.07, 6.45) is 2.53. The molecule has 0 radical (unpaired) electrons. The highest BCUT2D eigenvalue weighted by atomic mass is 32.1. The second-order valence-corrected chi connectivity index (χ2v) is 5.49. The van der Waals surface area contributed by atoms with E-state index >= 15 is 0 Å². The highest BCUT2D eigenvalue weighted by Gasteiger charge is 2.15. The number of nitrogens with one attached hydrogen (secondary N) is 2. The van der Waals surface area contributed by atoms with Crippen LogP contribution in [0.4, 0.5) is 0 Å². The average Bonchev–Trinajstić information content (AvgIpc) is 3.05. The quantitative estimate of drug-likeness (QED) is 0.505. The monoisotopic (exact) mass is 283 g/mol. The van der Waals surface area contributed by atoms with Crippen molar-refractivity contribution in [3.63, 3.8) is 0 Å². The van der Waals surface area contributed by atoms with Gasteiger partial charge in [0.15, 0.2) is 5.11 Å². The summed E-state index contributed by atoms with van der Waals surface area (Å²) in [5.74, 6) is 0. The van der Waals surface area contributed by atoms with E-state index in [1.807, 2.05) is 24.4 Å². The molecule has 18 heavy (non-hydrogen) atoms. The molecule has 1 atom stereocenters. The van der Waals surface area contributed by atoms with Crippen LogP contribution in [-0.4, -0.2) is 30.1 Å². The first kappa shape index (κ1) is 13.5. The zero-order valence-corrected chi connectivity index (χ0v) is 11.9. The van der Waals surface area contributed by atoms with Crippen LogP contribution in [0.15, 0.2) is 22.6 Å². The number of hydrogen-bond acceptors (Lipinski definition) is 4. The first-order valence-electron chi connectivity index (χ1n) is 5.99. The van der Waals surface area contributed by atoms with E-state index in [0.29, 0.717) is 5.11 Å². The van der Waals surface area contributed by atoms with Gasteiger partial charge in [-0.25, -0.2) is 0 Å². The first-order chi connectivity index (χ1) is 8.75. The van der Waals surface area contributed by atoms with E-state index in [1.54, 1.807) is 11.3 Å². The van der Waals surface area contributed by atoms with Crippen LogP contribution >= 0.6 is 23.6 Å². The maximum absolute atomic E-state index is 5.50. The van der Waals surface area contributed by atoms with Crippen molar-refractivity contribution in [2.45, 2.75) is 25.9 Å². The molecular formula is C12H17N3OS2. The van der Waals surface area contributed by atoms with Crippen molar-refractivity contribution < 1.29 is 4.74 Å². The third-order valence-electron chi connectivity index (χ3n) is 2.72. The van der Waals surface area contributed by atoms with E-state index in [4.69, 9.17) is 17.0 Å². The molecule has 0 unspecified atom stereocenters. The Labute approximate surface area is 116 Å². The van der Waals surface area contributed by atoms with Crippen LogP contribution in [0.3, 0.4) is 0 Å². The molecule has 1 aliphatic heterocycles. The van der Waals surface area contributed by atoms with Crippen LogP contribution in [0.2, 0.25) is 0 Å². The number of ether oxygens (including phenoxy) is 1. The smallest absolute Gasteiger partial charge is 0.187 e. The summed E-state index contributed by atoms with van der Waals surface area (Å²) in [6, 6.07) is 4.04. The predicted octanol–water partition coefficient (Wildman–Crippen LogP) is 2.12. The van der Waals surface area contributed by atoms with Gasteiger partial charge in [-0.05, 0) is 43.4 Å². The van der Waals surface area contributed by atoms with E-state index in [0.717, 1.165) is 36.6 Å². The van der Waals surface area contributed by atoms with Crippen molar-refractivity contribution in [2.24, 2.45) is 5.10 Å². The Morgan fingerprint density at radius 1 is 1.67 bits per heavy atom. The molecule has 0 spiro atoms. The molecule has 6 heteroatoms. The SMILES string of the molecule is CC(=NNC(=S)NC[C@@H]1CCCO1)c1cccs1. The molecule has 1 aromatic heterocycles. The lowest BCUT2D eigenvalue weighted by Crippen LogP contribution is -2.37. The first-order valence-corrected chi connectivity index (χ1v) is 7.28. The van der Waals surface area contributed by atoms with Crippen molar-refractivity contribution in [3.05, 3.63) is 22.4 Å². The van der Waals surface area contributed by atoms with Crippen LogP contribution in [0.1, 0.15) is 24.6 Å². The lowest BCUT2D eigenvalue weighted by molar-refractivity contribution is 0.114. The molecule has 0 amide bonds. The van der Waals surface area contributed by atoms with Crippen LogP contribution in [-0.2, 0) is 4.74 Å². The fourth-order valence-corrected chi connectivity index (χ4v) is 2.53. The number of thiocarbonyl (C=S) groups is 1. The Morgan fingerprint density at radius 3 is 3.22 bits per heavy atom. The molecule has 0 aromatic carbocycles. The molecular weight excluding hydrogens is 266 g/mol. The van der Waals surface area contributed by atoms with Gasteiger partial charge in [-0.3, -0.25) is 5.43 Å². The Bertz CT molecular complexity index is 411. The molecule has 1 saturated heterocycles. The number of thiophene rings is 1. The largest absolute Gasteiger partial charge is 0.376 e. The van der Waals surface area contributed by atoms with Crippen LogP contribution < -0.4 is 10.7 Å². The summed E-state index contributed by atoms with van der Waals surface area (Å²) in [5, 5.41) is 9.93. The van der Waals surface area contributed by atoms with Gasteiger partial charge in [0.25, 0.3) is 0 Å². The van der Waals surface area contributed by atoms with E-state index in [9.17, 15) is 0 Å². The van der Waals surface area contributed by atoms with Crippen LogP contribution in [0.25, 0.3) is 0 Å². The van der Waals surface area contributed by atoms with Crippen molar-refractivity contribution in [1.29, 1.82) is 0 Å². The van der Waals surface area contributed by atoms with E-state index in [2.05, 4.69) is 15.8 Å². The number of nitrogens with zero attached hydrogens (tertiary/aromatic N) is 1. The fourth-order valence-electron chi connectivity index (χ4n) is 1.73. The Kier molecular flexibility index (Phi) is 5.10. The summed E-state index contributed by atoms with van der Waals surface area (Å²) >= 11 is 6.82. The molecule has 4 nitrogen and oxygen atoms in total. The summed E-state index contributed by atoms with van der Waals surface area (Å²) in [7, 11) is 0. The molecule has 2 heterocycles. The van der Waals surface area contributed by atoms with E-state index in [-0.39, 0.29) is 6.10 Å². The molecule has 1 fully saturated rings. The molecule has 0 bridgehead atoms. The maximum atomic E-state index is 5.50. The number of hydrogen-bond donors (Lipinski definition) is 2. The zero-order valence-electron chi connectivity index (χ0n) is 10.3. The third kappa shape index (κ3) is 4.04. The standard InChI is InChI=1S/C12H17N3OS2/c1-9(11-5-3-7-18-11)14-15-12(17)13-8-10-4-2-6-16-10/h3,5,7,10H,2,4,6,8H2,1H3,(H2,13,15,17)/t10-/m0/s1. The van der Waals surface area contributed by atoms with E-state index < -0.39 is 0 Å². The molecule has 2 rings (SSSR count). The highest BCUT2D eigenvalue weighted by molar-refractivity contribution is 7.80. The minimum absolute atomic E-state index is 0.284. The predicted molar refractivity (Wildman–Crippen MR) is 79.2 cm³/mol. The summed E-state index contributed by atoms with van der Waals surface area (Å²) in [5.41, 5.74) is 3.79. The molecule has 98 valence electrons. The minimum atomic E-state index is 0.284. The van der Waals surface area contributed by atoms with Crippen molar-refractivity contribution in [1.82, 2.24) is 10.7 Å². The maximum Gasteiger partial charge on any atom is 0.187 e. The lowest BCUT2D eigenvalue weighted by Gasteiger charge is -2.12. The van der Waals surface area contributed by atoms with Gasteiger partial charge >= 0.3 is 0 Å². The zero-order chi connectivity index (χ0) is 12.8. The van der Waals surface area contributed by atoms with Crippen molar-refractivity contribution in [3.8, 4) is 0 Å². The van der Waals surface area contributed by atoms with Gasteiger partial charge in [0, 0.05) is 18.0 Å². The van der Waals surface area contributed by atoms with E-state index in [1.165, 1.54) is 0 Å². The molecule has 1 aromatic rings. The highest BCUT2D eigenvalue weighted by Crippen LogP contribution is 2.10. The molecule has 1 aliphatic rings. The van der Waals surface area contributed by atoms with Gasteiger partial charge < -0.3 is 10.1 Å². The Hall–Kier alpha value is -0.980. The molecule has 2 N–H and O–H groups in total. The second kappa shape index (κ2) is 6.82. The lowest BCUT2D eigenvalue weighted by atomic mass is 10.2. The Morgan fingerprint density at radius 2 is 2.56 bits per heavy atom. The topological polar surface area (TPSA) is 45.7 Å². The van der Waals surface area contributed by atoms with Gasteiger partial charge in [-0.15, -0.1) is 11.3 Å². The number of hydrazone groups is 1. The van der Waals surface area contributed by atoms with Crippen molar-refractivity contribution in [2.75, 3.05) is 13.2 Å². The normalized spacial score (nSPS) is 19.8. The third-order valence-corrected chi connectivity index (χ3v) is 3.93. The molecule has 0 saturated carbocycles. The van der Waals surface area contributed by atoms with Crippen LogP contribution in [0.5, 0.6) is 0 Å². The minimum Gasteiger partial charge on any atom is -0.376 e. The van der Waals surface area contributed by atoms with Gasteiger partial charge in [-0.2, -0.15) is 5.10 Å². The van der Waals surface area contributed by atoms with Crippen molar-refractivity contribution >= 4 is 34.4 Å². The second-order valence-electron chi connectivity index (χ2n) is 4.13. The Balaban J connectivity index is 1.72. The van der Waals surface area contributed by atoms with Gasteiger partial charge in [-0.1, -0.05) is 6.07 Å². The fraction of sp³-hybridized carbons (Fsp3) is 0.500. The average molecular weight is 283 g/mol. The van der Waals surface area contributed by atoms with Gasteiger partial charge in [0.1, 0.15) is 0 Å². The van der Waals surface area contributed by atoms with Crippen LogP contribution in [0, 0.1) is 0 Å². The molecule has 0 aliphatic carbocycles. The summed E-state index contributed by atoms with van der Waals surface area (Å²) in [4.78, 5) is 1.14. The number of rotatable bonds is 4.